The average Bonchev–Trinajstić information content (AvgIpc) is 2.88. The number of hydrogen-bond donors (Lipinski definition) is 4. The van der Waals surface area contributed by atoms with Gasteiger partial charge in [0.25, 0.3) is 0 Å². The maximum absolute atomic E-state index is 12.5. The molecular formula is C27H47N3O10. The lowest BCUT2D eigenvalue weighted by molar-refractivity contribution is -0.147. The number of ether oxygens (including phenoxy) is 3. The Labute approximate surface area is 236 Å². The van der Waals surface area contributed by atoms with Gasteiger partial charge in [0.05, 0.1) is 27.2 Å². The topological polar surface area (TPSA) is 186 Å². The first kappa shape index (κ1) is 36.6. The van der Waals surface area contributed by atoms with Gasteiger partial charge in [-0.05, 0) is 42.9 Å². The van der Waals surface area contributed by atoms with E-state index in [-0.39, 0.29) is 87.3 Å². The standard InChI is InChI=1S/C27H47N3O10/c1-18(2)11-20(15-29-22(31)7-6-8-25(35)38-4)14-26(36)40-17-19(3)12-21(13-24(33)34)16-30-23(32)9-10-28-27(37)39-5/h18-21H,6-17H2,1-5H3,(H,28,37)(H,29,31)(H,30,32)(H,33,34)/t19?,20-,21-/m0/s1. The minimum absolute atomic E-state index is 0.0214. The van der Waals surface area contributed by atoms with E-state index in [9.17, 15) is 33.9 Å². The van der Waals surface area contributed by atoms with Gasteiger partial charge in [-0.15, -0.1) is 0 Å². The largest absolute Gasteiger partial charge is 0.481 e. The number of amides is 3. The molecule has 3 amide bonds. The number of carbonyl (C=O) groups excluding carboxylic acids is 5. The van der Waals surface area contributed by atoms with Crippen molar-refractivity contribution >= 4 is 35.8 Å². The number of aliphatic carboxylic acids is 1. The Bertz CT molecular complexity index is 818. The number of carboxylic acid groups (broad SMARTS) is 1. The van der Waals surface area contributed by atoms with Gasteiger partial charge in [0, 0.05) is 45.3 Å². The highest BCUT2D eigenvalue weighted by molar-refractivity contribution is 5.77. The molecule has 0 aliphatic heterocycles. The highest BCUT2D eigenvalue weighted by atomic mass is 16.5. The normalized spacial score (nSPS) is 12.9. The summed E-state index contributed by atoms with van der Waals surface area (Å²) < 4.78 is 14.4. The van der Waals surface area contributed by atoms with Gasteiger partial charge in [-0.2, -0.15) is 0 Å². The summed E-state index contributed by atoms with van der Waals surface area (Å²) in [5, 5.41) is 17.1. The quantitative estimate of drug-likeness (QED) is 0.117. The van der Waals surface area contributed by atoms with Gasteiger partial charge in [-0.25, -0.2) is 4.79 Å². The summed E-state index contributed by atoms with van der Waals surface area (Å²) >= 11 is 0. The fourth-order valence-electron chi connectivity index (χ4n) is 4.10. The van der Waals surface area contributed by atoms with Crippen LogP contribution in [-0.2, 0) is 38.2 Å². The Hall–Kier alpha value is -3.38. The Morgan fingerprint density at radius 2 is 1.32 bits per heavy atom. The Kier molecular flexibility index (Phi) is 19.6. The number of esters is 2. The molecule has 0 fully saturated rings. The van der Waals surface area contributed by atoms with Crippen molar-refractivity contribution in [3.05, 3.63) is 0 Å². The third kappa shape index (κ3) is 20.6. The van der Waals surface area contributed by atoms with Crippen LogP contribution in [0.1, 0.15) is 72.1 Å². The van der Waals surface area contributed by atoms with Gasteiger partial charge >= 0.3 is 24.0 Å². The van der Waals surface area contributed by atoms with Crippen molar-refractivity contribution in [3.8, 4) is 0 Å². The van der Waals surface area contributed by atoms with Crippen molar-refractivity contribution in [2.75, 3.05) is 40.5 Å². The zero-order chi connectivity index (χ0) is 30.5. The first-order chi connectivity index (χ1) is 18.9. The van der Waals surface area contributed by atoms with E-state index in [1.807, 2.05) is 20.8 Å². The molecule has 4 N–H and O–H groups in total. The molecule has 0 radical (unpaired) electrons. The number of alkyl carbamates (subject to hydrolysis) is 1. The number of carbonyl (C=O) groups is 6. The van der Waals surface area contributed by atoms with E-state index in [1.54, 1.807) is 0 Å². The van der Waals surface area contributed by atoms with E-state index in [4.69, 9.17) is 4.74 Å². The molecule has 0 aromatic carbocycles. The molecular weight excluding hydrogens is 526 g/mol. The van der Waals surface area contributed by atoms with Crippen LogP contribution in [0.4, 0.5) is 4.79 Å². The van der Waals surface area contributed by atoms with Crippen molar-refractivity contribution in [1.29, 1.82) is 0 Å². The monoisotopic (exact) mass is 573 g/mol. The Balaban J connectivity index is 4.62. The predicted octanol–water partition coefficient (Wildman–Crippen LogP) is 2.02. The van der Waals surface area contributed by atoms with Crippen LogP contribution in [0.2, 0.25) is 0 Å². The van der Waals surface area contributed by atoms with E-state index in [2.05, 4.69) is 25.4 Å². The molecule has 0 aromatic heterocycles. The molecule has 0 saturated carbocycles. The minimum atomic E-state index is -1.00. The molecule has 0 spiro atoms. The molecule has 0 bridgehead atoms. The first-order valence-corrected chi connectivity index (χ1v) is 13.7. The van der Waals surface area contributed by atoms with E-state index in [1.165, 1.54) is 14.2 Å². The summed E-state index contributed by atoms with van der Waals surface area (Å²) in [6.07, 6.45) is 1.20. The van der Waals surface area contributed by atoms with Crippen LogP contribution in [0, 0.1) is 23.7 Å². The van der Waals surface area contributed by atoms with Gasteiger partial charge < -0.3 is 35.3 Å². The summed E-state index contributed by atoms with van der Waals surface area (Å²) in [6, 6.07) is 0. The maximum Gasteiger partial charge on any atom is 0.406 e. The van der Waals surface area contributed by atoms with Crippen LogP contribution in [0.5, 0.6) is 0 Å². The van der Waals surface area contributed by atoms with E-state index in [0.29, 0.717) is 31.7 Å². The van der Waals surface area contributed by atoms with Gasteiger partial charge in [0.2, 0.25) is 11.8 Å². The molecule has 1 unspecified atom stereocenters. The summed E-state index contributed by atoms with van der Waals surface area (Å²) in [4.78, 5) is 70.2. The fourth-order valence-corrected chi connectivity index (χ4v) is 4.10. The van der Waals surface area contributed by atoms with Crippen molar-refractivity contribution in [2.45, 2.75) is 72.1 Å². The molecule has 3 atom stereocenters. The minimum Gasteiger partial charge on any atom is -0.481 e. The van der Waals surface area contributed by atoms with Gasteiger partial charge in [0.15, 0.2) is 0 Å². The lowest BCUT2D eigenvalue weighted by atomic mass is 9.93. The van der Waals surface area contributed by atoms with Crippen LogP contribution in [-0.4, -0.2) is 81.4 Å². The van der Waals surface area contributed by atoms with E-state index < -0.39 is 18.0 Å². The number of hydrogen-bond acceptors (Lipinski definition) is 9. The van der Waals surface area contributed by atoms with E-state index >= 15 is 0 Å². The molecule has 0 aliphatic carbocycles. The summed E-state index contributed by atoms with van der Waals surface area (Å²) in [7, 11) is 2.51. The van der Waals surface area contributed by atoms with Gasteiger partial charge in [0.1, 0.15) is 0 Å². The SMILES string of the molecule is COC(=O)CCCC(=O)NC[C@H](CC(=O)OCC(C)C[C@H](CNC(=O)CCNC(=O)OC)CC(=O)O)CC(C)C. The predicted molar refractivity (Wildman–Crippen MR) is 145 cm³/mol. The Morgan fingerprint density at radius 3 is 1.88 bits per heavy atom. The highest BCUT2D eigenvalue weighted by Crippen LogP contribution is 2.19. The molecule has 0 aromatic rings. The summed E-state index contributed by atoms with van der Waals surface area (Å²) in [5.74, 6) is -2.64. The third-order valence-corrected chi connectivity index (χ3v) is 5.98. The zero-order valence-corrected chi connectivity index (χ0v) is 24.4. The van der Waals surface area contributed by atoms with Crippen molar-refractivity contribution in [3.63, 3.8) is 0 Å². The van der Waals surface area contributed by atoms with Crippen LogP contribution in [0.15, 0.2) is 0 Å². The second kappa shape index (κ2) is 21.4. The van der Waals surface area contributed by atoms with Crippen LogP contribution in [0.3, 0.4) is 0 Å². The van der Waals surface area contributed by atoms with Crippen LogP contribution in [0.25, 0.3) is 0 Å². The third-order valence-electron chi connectivity index (χ3n) is 5.98. The number of methoxy groups -OCH3 is 2. The zero-order valence-electron chi connectivity index (χ0n) is 24.4. The molecule has 0 aliphatic rings. The van der Waals surface area contributed by atoms with Crippen molar-refractivity contribution < 1.29 is 48.1 Å². The lowest BCUT2D eigenvalue weighted by Crippen LogP contribution is -2.34. The number of nitrogens with one attached hydrogen (secondary N) is 3. The molecule has 0 rings (SSSR count). The molecule has 0 heterocycles. The number of rotatable bonds is 21. The fraction of sp³-hybridized carbons (Fsp3) is 0.778. The second-order valence-corrected chi connectivity index (χ2v) is 10.4. The first-order valence-electron chi connectivity index (χ1n) is 13.7. The summed E-state index contributed by atoms with van der Waals surface area (Å²) in [5.41, 5.74) is 0. The highest BCUT2D eigenvalue weighted by Gasteiger charge is 2.21. The molecule has 230 valence electrons. The second-order valence-electron chi connectivity index (χ2n) is 10.4. The average molecular weight is 574 g/mol. The van der Waals surface area contributed by atoms with Crippen molar-refractivity contribution in [1.82, 2.24) is 16.0 Å². The van der Waals surface area contributed by atoms with Gasteiger partial charge in [-0.1, -0.05) is 20.8 Å². The number of carboxylic acids is 1. The van der Waals surface area contributed by atoms with E-state index in [0.717, 1.165) is 0 Å². The summed E-state index contributed by atoms with van der Waals surface area (Å²) in [6.45, 7) is 6.52. The van der Waals surface area contributed by atoms with Gasteiger partial charge in [-0.3, -0.25) is 24.0 Å². The molecule has 40 heavy (non-hydrogen) atoms. The maximum atomic E-state index is 12.5. The smallest absolute Gasteiger partial charge is 0.406 e. The van der Waals surface area contributed by atoms with Crippen LogP contribution >= 0.6 is 0 Å². The van der Waals surface area contributed by atoms with Crippen LogP contribution < -0.4 is 16.0 Å². The Morgan fingerprint density at radius 1 is 0.725 bits per heavy atom. The van der Waals surface area contributed by atoms with Crippen molar-refractivity contribution in [2.24, 2.45) is 23.7 Å². The molecule has 0 saturated heterocycles. The molecule has 13 nitrogen and oxygen atoms in total. The lowest BCUT2D eigenvalue weighted by Gasteiger charge is -2.22. The molecule has 13 heteroatoms.